The van der Waals surface area contributed by atoms with Gasteiger partial charge in [0.15, 0.2) is 0 Å². The molecule has 0 aliphatic carbocycles. The number of nitrogens with zero attached hydrogens (tertiary/aromatic N) is 4. The number of hydrogen-bond donors (Lipinski definition) is 0. The van der Waals surface area contributed by atoms with Gasteiger partial charge in [-0.2, -0.15) is 0 Å². The molecule has 0 unspecified atom stereocenters. The predicted octanol–water partition coefficient (Wildman–Crippen LogP) is 23.9. The van der Waals surface area contributed by atoms with Crippen LogP contribution in [-0.4, -0.2) is 14.2 Å². The van der Waals surface area contributed by atoms with Crippen LogP contribution in [0.25, 0.3) is 55.6 Å². The summed E-state index contributed by atoms with van der Waals surface area (Å²) in [7, 11) is 3.41. The van der Waals surface area contributed by atoms with E-state index in [4.69, 9.17) is 9.47 Å². The van der Waals surface area contributed by atoms with Gasteiger partial charge < -0.3 is 29.1 Å². The van der Waals surface area contributed by atoms with Gasteiger partial charge in [-0.05, 0) is 214 Å². The minimum absolute atomic E-state index is 0.794. The molecule has 14 rings (SSSR count). The van der Waals surface area contributed by atoms with E-state index in [0.29, 0.717) is 0 Å². The van der Waals surface area contributed by atoms with Crippen molar-refractivity contribution < 1.29 is 9.47 Å². The largest absolute Gasteiger partial charge is 0.497 e. The Bertz CT molecular complexity index is 4680. The molecule has 0 saturated carbocycles. The van der Waals surface area contributed by atoms with Crippen molar-refractivity contribution in [3.63, 3.8) is 0 Å². The normalized spacial score (nSPS) is 10.9. The minimum Gasteiger partial charge on any atom is -0.497 e. The molecule has 0 radical (unpaired) electrons. The summed E-state index contributed by atoms with van der Waals surface area (Å²) in [6.45, 7) is 0. The fourth-order valence-corrected chi connectivity index (χ4v) is 12.2. The van der Waals surface area contributed by atoms with Crippen LogP contribution in [0.15, 0.2) is 364 Å². The lowest BCUT2D eigenvalue weighted by atomic mass is 9.98. The number of methoxy groups -OCH3 is 2. The second kappa shape index (κ2) is 26.7. The van der Waals surface area contributed by atoms with Gasteiger partial charge in [0.05, 0.1) is 19.9 Å². The zero-order valence-electron chi connectivity index (χ0n) is 51.2. The van der Waals surface area contributed by atoms with Gasteiger partial charge in [-0.15, -0.1) is 0 Å². The third-order valence-corrected chi connectivity index (χ3v) is 16.8. The number of para-hydroxylation sites is 5. The van der Waals surface area contributed by atoms with Gasteiger partial charge in [0.1, 0.15) is 11.5 Å². The van der Waals surface area contributed by atoms with Crippen LogP contribution in [-0.2, 0) is 0 Å². The number of benzene rings is 14. The van der Waals surface area contributed by atoms with Crippen LogP contribution in [0.1, 0.15) is 0 Å². The van der Waals surface area contributed by atoms with Crippen molar-refractivity contribution in [3.8, 4) is 67.1 Å². The van der Waals surface area contributed by atoms with Gasteiger partial charge >= 0.3 is 0 Å². The Hall–Kier alpha value is -12.1. The molecule has 442 valence electrons. The molecule has 6 heteroatoms. The summed E-state index contributed by atoms with van der Waals surface area (Å²) >= 11 is 0. The maximum atomic E-state index is 5.69. The highest BCUT2D eigenvalue weighted by molar-refractivity contribution is 5.92. The first-order valence-electron chi connectivity index (χ1n) is 31.0. The Morgan fingerprint density at radius 2 is 0.413 bits per heavy atom. The Labute approximate surface area is 539 Å². The van der Waals surface area contributed by atoms with Gasteiger partial charge in [0.2, 0.25) is 0 Å². The molecule has 0 saturated heterocycles. The second-order valence-electron chi connectivity index (χ2n) is 22.5. The first-order valence-corrected chi connectivity index (χ1v) is 31.0. The average Bonchev–Trinajstić information content (AvgIpc) is 3.24. The molecule has 0 fully saturated rings. The van der Waals surface area contributed by atoms with E-state index in [0.717, 1.165) is 130 Å². The van der Waals surface area contributed by atoms with Crippen LogP contribution in [0, 0.1) is 0 Å². The van der Waals surface area contributed by atoms with Crippen LogP contribution in [0.2, 0.25) is 0 Å². The third kappa shape index (κ3) is 12.4. The van der Waals surface area contributed by atoms with Crippen LogP contribution in [0.5, 0.6) is 11.5 Å². The summed E-state index contributed by atoms with van der Waals surface area (Å²) in [6, 6.07) is 129. The van der Waals surface area contributed by atoms with Crippen LogP contribution in [0.3, 0.4) is 0 Å². The fourth-order valence-electron chi connectivity index (χ4n) is 12.2. The van der Waals surface area contributed by atoms with E-state index in [9.17, 15) is 0 Å². The minimum atomic E-state index is 0.794. The highest BCUT2D eigenvalue weighted by Crippen LogP contribution is 2.46. The molecule has 0 spiro atoms. The van der Waals surface area contributed by atoms with Gasteiger partial charge in [0, 0.05) is 68.1 Å². The SMILES string of the molecule is COc1ccc(N(c2ccccc2)c2cccc(-c3ccc(-c4cccc(N(c5ccc(OC)cc5)c5ccccc5-c5cccc(N(c6ccccc6)c6ccc(-c7ccc(-c8ccc(N(c9ccccc9)c9ccccc9)cc8)cc7)cc6)c5)c4)cc3)c2)cc1. The topological polar surface area (TPSA) is 31.4 Å². The molecule has 6 nitrogen and oxygen atoms in total. The molecule has 0 heterocycles. The summed E-state index contributed by atoms with van der Waals surface area (Å²) in [5, 5.41) is 0. The molecule has 0 N–H and O–H groups in total. The van der Waals surface area contributed by atoms with Crippen molar-refractivity contribution in [3.05, 3.63) is 364 Å². The first kappa shape index (κ1) is 57.6. The number of rotatable bonds is 19. The second-order valence-corrected chi connectivity index (χ2v) is 22.5. The van der Waals surface area contributed by atoms with E-state index in [1.807, 2.05) is 30.3 Å². The van der Waals surface area contributed by atoms with Crippen molar-refractivity contribution in [2.75, 3.05) is 33.8 Å². The molecule has 92 heavy (non-hydrogen) atoms. The van der Waals surface area contributed by atoms with Crippen molar-refractivity contribution in [1.29, 1.82) is 0 Å². The van der Waals surface area contributed by atoms with E-state index in [1.54, 1.807) is 14.2 Å². The summed E-state index contributed by atoms with van der Waals surface area (Å²) in [6.07, 6.45) is 0. The highest BCUT2D eigenvalue weighted by atomic mass is 16.5. The molecular formula is C86H66N4O2. The van der Waals surface area contributed by atoms with Gasteiger partial charge in [-0.25, -0.2) is 0 Å². The lowest BCUT2D eigenvalue weighted by Gasteiger charge is -2.29. The molecule has 0 aliphatic rings. The number of hydrogen-bond acceptors (Lipinski definition) is 6. The third-order valence-electron chi connectivity index (χ3n) is 16.8. The van der Waals surface area contributed by atoms with Crippen molar-refractivity contribution in [2.45, 2.75) is 0 Å². The Kier molecular flexibility index (Phi) is 16.7. The lowest BCUT2D eigenvalue weighted by Crippen LogP contribution is -2.12. The average molecular weight is 1190 g/mol. The van der Waals surface area contributed by atoms with Gasteiger partial charge in [-0.1, -0.05) is 200 Å². The maximum Gasteiger partial charge on any atom is 0.119 e. The van der Waals surface area contributed by atoms with Crippen molar-refractivity contribution >= 4 is 68.2 Å². The maximum absolute atomic E-state index is 5.69. The Morgan fingerprint density at radius 1 is 0.174 bits per heavy atom. The highest BCUT2D eigenvalue weighted by Gasteiger charge is 2.21. The zero-order chi connectivity index (χ0) is 62.0. The molecule has 0 aromatic heterocycles. The van der Waals surface area contributed by atoms with E-state index in [2.05, 4.69) is 353 Å². The van der Waals surface area contributed by atoms with Crippen LogP contribution < -0.4 is 29.1 Å². The number of ether oxygens (including phenoxy) is 2. The number of anilines is 12. The monoisotopic (exact) mass is 1190 g/mol. The van der Waals surface area contributed by atoms with E-state index >= 15 is 0 Å². The molecule has 0 bridgehead atoms. The smallest absolute Gasteiger partial charge is 0.119 e. The van der Waals surface area contributed by atoms with Crippen molar-refractivity contribution in [2.24, 2.45) is 0 Å². The quantitative estimate of drug-likeness (QED) is 0.0802. The molecule has 0 amide bonds. The fraction of sp³-hybridized carbons (Fsp3) is 0.0233. The molecule has 0 atom stereocenters. The summed E-state index contributed by atoms with van der Waals surface area (Å²) < 4.78 is 11.2. The summed E-state index contributed by atoms with van der Waals surface area (Å²) in [4.78, 5) is 9.26. The zero-order valence-corrected chi connectivity index (χ0v) is 51.2. The first-order chi connectivity index (χ1) is 45.5. The molecular weight excluding hydrogens is 1120 g/mol. The summed E-state index contributed by atoms with van der Waals surface area (Å²) in [5.41, 5.74) is 24.0. The molecule has 0 aliphatic heterocycles. The van der Waals surface area contributed by atoms with Crippen LogP contribution in [0.4, 0.5) is 68.2 Å². The lowest BCUT2D eigenvalue weighted by molar-refractivity contribution is 0.414. The molecule has 14 aromatic rings. The standard InChI is InChI=1S/C86H66N4O2/c1-91-83-56-52-78(53-57-83)89(75-29-13-6-14-30-75)80-31-17-20-69(60-80)67-40-42-68(43-41-67)70-21-18-33-82(61-70)90(79-54-58-84(92-2)59-55-79)86-35-16-15-34-85(86)71-22-19-32-81(62-71)88(74-27-11-5-12-28-74)77-50-46-66(47-51-77)64-38-36-63(37-39-64)65-44-48-76(49-45-65)87(72-23-7-3-8-24-72)73-25-9-4-10-26-73/h3-62H,1-2H3. The van der Waals surface area contributed by atoms with Gasteiger partial charge in [0.25, 0.3) is 0 Å². The van der Waals surface area contributed by atoms with E-state index in [1.165, 1.54) is 5.56 Å². The van der Waals surface area contributed by atoms with Crippen LogP contribution >= 0.6 is 0 Å². The van der Waals surface area contributed by atoms with E-state index < -0.39 is 0 Å². The Balaban J connectivity index is 0.744. The van der Waals surface area contributed by atoms with Gasteiger partial charge in [-0.3, -0.25) is 0 Å². The van der Waals surface area contributed by atoms with E-state index in [-0.39, 0.29) is 0 Å². The predicted molar refractivity (Wildman–Crippen MR) is 385 cm³/mol. The van der Waals surface area contributed by atoms with Crippen molar-refractivity contribution in [1.82, 2.24) is 0 Å². The molecule has 14 aromatic carbocycles. The Morgan fingerprint density at radius 3 is 0.772 bits per heavy atom. The summed E-state index contributed by atoms with van der Waals surface area (Å²) in [5.74, 6) is 1.61.